The first kappa shape index (κ1) is 13.9. The molecule has 0 aliphatic carbocycles. The fraction of sp³-hybridized carbons (Fsp3) is 0.818. The first-order valence-corrected chi connectivity index (χ1v) is 5.01. The van der Waals surface area contributed by atoms with E-state index in [9.17, 15) is 9.59 Å². The Morgan fingerprint density at radius 2 is 1.80 bits per heavy atom. The minimum atomic E-state index is -0.320. The van der Waals surface area contributed by atoms with E-state index in [0.29, 0.717) is 6.42 Å². The molecule has 0 radical (unpaired) electrons. The Kier molecular flexibility index (Phi) is 5.33. The highest BCUT2D eigenvalue weighted by atomic mass is 16.5. The van der Waals surface area contributed by atoms with Gasteiger partial charge in [-0.1, -0.05) is 20.8 Å². The largest absolute Gasteiger partial charge is 0.469 e. The van der Waals surface area contributed by atoms with Gasteiger partial charge in [0.25, 0.3) is 0 Å². The predicted octanol–water partition coefficient (Wildman–Crippen LogP) is 1.92. The summed E-state index contributed by atoms with van der Waals surface area (Å²) >= 11 is 0. The zero-order valence-corrected chi connectivity index (χ0v) is 10.1. The van der Waals surface area contributed by atoms with Crippen LogP contribution in [0, 0.1) is 5.41 Å². The van der Waals surface area contributed by atoms with Gasteiger partial charge in [-0.15, -0.1) is 0 Å². The molecule has 0 aliphatic heterocycles. The quantitative estimate of drug-likeness (QED) is 0.674. The molecule has 0 saturated carbocycles. The van der Waals surface area contributed by atoms with Crippen LogP contribution in [0.5, 0.6) is 0 Å². The zero-order chi connectivity index (χ0) is 12.1. The molecule has 1 atom stereocenters. The summed E-state index contributed by atoms with van der Waals surface area (Å²) in [6, 6.07) is 0. The minimum absolute atomic E-state index is 0.167. The summed E-state index contributed by atoms with van der Waals surface area (Å²) in [5.74, 6) is -0.601. The number of esters is 2. The lowest BCUT2D eigenvalue weighted by Gasteiger charge is -2.29. The monoisotopic (exact) mass is 216 g/mol. The van der Waals surface area contributed by atoms with Crippen LogP contribution in [0.25, 0.3) is 0 Å². The van der Waals surface area contributed by atoms with E-state index in [2.05, 4.69) is 4.74 Å². The topological polar surface area (TPSA) is 52.6 Å². The van der Waals surface area contributed by atoms with Crippen LogP contribution in [-0.4, -0.2) is 25.2 Å². The Morgan fingerprint density at radius 3 is 2.13 bits per heavy atom. The van der Waals surface area contributed by atoms with Crippen molar-refractivity contribution in [1.82, 2.24) is 0 Å². The normalized spacial score (nSPS) is 13.1. The first-order chi connectivity index (χ1) is 6.77. The van der Waals surface area contributed by atoms with E-state index >= 15 is 0 Å². The van der Waals surface area contributed by atoms with Crippen molar-refractivity contribution in [2.75, 3.05) is 7.11 Å². The smallest absolute Gasteiger partial charge is 0.305 e. The zero-order valence-electron chi connectivity index (χ0n) is 10.1. The third-order valence-corrected chi connectivity index (χ3v) is 2.11. The second kappa shape index (κ2) is 5.73. The molecule has 4 heteroatoms. The summed E-state index contributed by atoms with van der Waals surface area (Å²) in [7, 11) is 1.35. The van der Waals surface area contributed by atoms with Crippen LogP contribution in [0.1, 0.15) is 40.5 Å². The number of hydrogen-bond acceptors (Lipinski definition) is 4. The molecular weight excluding hydrogens is 196 g/mol. The number of ether oxygens (including phenoxy) is 2. The molecule has 0 aromatic carbocycles. The Morgan fingerprint density at radius 1 is 1.27 bits per heavy atom. The summed E-state index contributed by atoms with van der Waals surface area (Å²) in [5, 5.41) is 0. The van der Waals surface area contributed by atoms with Crippen molar-refractivity contribution in [2.45, 2.75) is 46.6 Å². The molecule has 0 bridgehead atoms. The van der Waals surface area contributed by atoms with Crippen molar-refractivity contribution < 1.29 is 19.1 Å². The van der Waals surface area contributed by atoms with E-state index in [-0.39, 0.29) is 29.9 Å². The van der Waals surface area contributed by atoms with E-state index in [4.69, 9.17) is 4.74 Å². The molecule has 0 aromatic heterocycles. The van der Waals surface area contributed by atoms with Crippen LogP contribution >= 0.6 is 0 Å². The number of rotatable bonds is 4. The van der Waals surface area contributed by atoms with E-state index in [1.165, 1.54) is 14.0 Å². The summed E-state index contributed by atoms with van der Waals surface area (Å²) in [5.41, 5.74) is -0.167. The van der Waals surface area contributed by atoms with E-state index in [1.807, 2.05) is 20.8 Å². The second-order valence-corrected chi connectivity index (χ2v) is 4.58. The first-order valence-electron chi connectivity index (χ1n) is 5.01. The number of carbonyl (C=O) groups excluding carboxylic acids is 2. The van der Waals surface area contributed by atoms with Gasteiger partial charge in [-0.3, -0.25) is 9.59 Å². The van der Waals surface area contributed by atoms with Gasteiger partial charge in [0.2, 0.25) is 0 Å². The lowest BCUT2D eigenvalue weighted by Crippen LogP contribution is -2.31. The van der Waals surface area contributed by atoms with E-state index < -0.39 is 0 Å². The van der Waals surface area contributed by atoms with Gasteiger partial charge in [0.15, 0.2) is 0 Å². The lowest BCUT2D eigenvalue weighted by atomic mass is 9.86. The summed E-state index contributed by atoms with van der Waals surface area (Å²) in [6.45, 7) is 7.28. The van der Waals surface area contributed by atoms with Crippen molar-refractivity contribution in [2.24, 2.45) is 5.41 Å². The Bertz CT molecular complexity index is 227. The van der Waals surface area contributed by atoms with Gasteiger partial charge in [0.1, 0.15) is 6.10 Å². The molecular formula is C11H20O4. The molecule has 0 rings (SSSR count). The van der Waals surface area contributed by atoms with Crippen LogP contribution in [0.4, 0.5) is 0 Å². The lowest BCUT2D eigenvalue weighted by molar-refractivity contribution is -0.154. The fourth-order valence-electron chi connectivity index (χ4n) is 1.22. The van der Waals surface area contributed by atoms with E-state index in [0.717, 1.165) is 0 Å². The third kappa shape index (κ3) is 6.10. The molecule has 0 N–H and O–H groups in total. The maximum absolute atomic E-state index is 11.0. The molecule has 0 fully saturated rings. The number of methoxy groups -OCH3 is 1. The van der Waals surface area contributed by atoms with E-state index in [1.54, 1.807) is 0 Å². The summed E-state index contributed by atoms with van der Waals surface area (Å²) in [6.07, 6.45) is 0.510. The molecule has 0 saturated heterocycles. The third-order valence-electron chi connectivity index (χ3n) is 2.11. The van der Waals surface area contributed by atoms with Gasteiger partial charge >= 0.3 is 11.9 Å². The van der Waals surface area contributed by atoms with Crippen LogP contribution in [0.3, 0.4) is 0 Å². The Labute approximate surface area is 90.9 Å². The summed E-state index contributed by atoms with van der Waals surface area (Å²) in [4.78, 5) is 21.8. The van der Waals surface area contributed by atoms with Crippen molar-refractivity contribution in [3.05, 3.63) is 0 Å². The maximum Gasteiger partial charge on any atom is 0.305 e. The van der Waals surface area contributed by atoms with Crippen molar-refractivity contribution >= 4 is 11.9 Å². The maximum atomic E-state index is 11.0. The molecule has 0 amide bonds. The molecule has 1 unspecified atom stereocenters. The molecule has 15 heavy (non-hydrogen) atoms. The van der Waals surface area contributed by atoms with Crippen molar-refractivity contribution in [1.29, 1.82) is 0 Å². The minimum Gasteiger partial charge on any atom is -0.469 e. The van der Waals surface area contributed by atoms with Crippen LogP contribution in [-0.2, 0) is 19.1 Å². The number of carbonyl (C=O) groups is 2. The van der Waals surface area contributed by atoms with Crippen LogP contribution < -0.4 is 0 Å². The predicted molar refractivity (Wildman–Crippen MR) is 56.3 cm³/mol. The standard InChI is InChI=1S/C11H20O4/c1-8(12)15-9(11(2,3)4)6-7-10(13)14-5/h9H,6-7H2,1-5H3. The van der Waals surface area contributed by atoms with Crippen LogP contribution in [0.15, 0.2) is 0 Å². The highest BCUT2D eigenvalue weighted by Crippen LogP contribution is 2.26. The molecule has 4 nitrogen and oxygen atoms in total. The fourth-order valence-corrected chi connectivity index (χ4v) is 1.22. The van der Waals surface area contributed by atoms with Gasteiger partial charge in [-0.05, 0) is 11.8 Å². The molecule has 0 heterocycles. The molecule has 0 aromatic rings. The van der Waals surface area contributed by atoms with Gasteiger partial charge in [0.05, 0.1) is 7.11 Å². The Hall–Kier alpha value is -1.06. The highest BCUT2D eigenvalue weighted by Gasteiger charge is 2.27. The second-order valence-electron chi connectivity index (χ2n) is 4.58. The van der Waals surface area contributed by atoms with Gasteiger partial charge < -0.3 is 9.47 Å². The average molecular weight is 216 g/mol. The number of hydrogen-bond donors (Lipinski definition) is 0. The van der Waals surface area contributed by atoms with Gasteiger partial charge in [0, 0.05) is 13.3 Å². The average Bonchev–Trinajstić information content (AvgIpc) is 2.09. The van der Waals surface area contributed by atoms with Crippen LogP contribution in [0.2, 0.25) is 0 Å². The van der Waals surface area contributed by atoms with Gasteiger partial charge in [-0.25, -0.2) is 0 Å². The van der Waals surface area contributed by atoms with Crippen molar-refractivity contribution in [3.63, 3.8) is 0 Å². The van der Waals surface area contributed by atoms with Crippen molar-refractivity contribution in [3.8, 4) is 0 Å². The molecule has 0 spiro atoms. The Balaban J connectivity index is 4.26. The molecule has 0 aliphatic rings. The van der Waals surface area contributed by atoms with Gasteiger partial charge in [-0.2, -0.15) is 0 Å². The summed E-state index contributed by atoms with van der Waals surface area (Å²) < 4.78 is 9.70. The SMILES string of the molecule is COC(=O)CCC(OC(C)=O)C(C)(C)C. The molecule has 88 valence electrons. The highest BCUT2D eigenvalue weighted by molar-refractivity contribution is 5.69.